The van der Waals surface area contributed by atoms with Gasteiger partial charge in [-0.3, -0.25) is 4.79 Å². The molecule has 0 fully saturated rings. The predicted molar refractivity (Wildman–Crippen MR) is 132 cm³/mol. The first-order valence-corrected chi connectivity index (χ1v) is 12.2. The number of nitriles is 1. The minimum Gasteiger partial charge on any atom is -0.378 e. The average molecular weight is 546 g/mol. The second kappa shape index (κ2) is 10.2. The zero-order valence-electron chi connectivity index (χ0n) is 17.6. The highest BCUT2D eigenvalue weighted by molar-refractivity contribution is 9.10. The number of anilines is 1. The number of carbonyl (C=O) groups is 1. The molecule has 3 rings (SSSR count). The van der Waals surface area contributed by atoms with E-state index in [-0.39, 0.29) is 16.2 Å². The van der Waals surface area contributed by atoms with E-state index < -0.39 is 16.0 Å². The minimum absolute atomic E-state index is 0.0299. The lowest BCUT2D eigenvalue weighted by Crippen LogP contribution is -2.14. The maximum Gasteiger partial charge on any atom is 0.339 e. The summed E-state index contributed by atoms with van der Waals surface area (Å²) in [5.74, 6) is -0.547. The second-order valence-electron chi connectivity index (χ2n) is 7.10. The van der Waals surface area contributed by atoms with Crippen molar-refractivity contribution >= 4 is 55.3 Å². The van der Waals surface area contributed by atoms with Crippen LogP contribution in [0, 0.1) is 25.2 Å². The zero-order valence-corrected chi connectivity index (χ0v) is 20.8. The van der Waals surface area contributed by atoms with E-state index in [2.05, 4.69) is 21.2 Å². The van der Waals surface area contributed by atoms with E-state index in [1.165, 1.54) is 30.3 Å². The molecule has 9 heteroatoms. The molecule has 3 aromatic rings. The van der Waals surface area contributed by atoms with Crippen LogP contribution in [0.15, 0.2) is 75.6 Å². The quantitative estimate of drug-likeness (QED) is 0.232. The summed E-state index contributed by atoms with van der Waals surface area (Å²) >= 11 is 9.42. The minimum atomic E-state index is -4.02. The molecule has 168 valence electrons. The molecule has 0 heterocycles. The van der Waals surface area contributed by atoms with Crippen LogP contribution < -0.4 is 9.50 Å². The van der Waals surface area contributed by atoms with Crippen LogP contribution in [0.3, 0.4) is 0 Å². The third-order valence-electron chi connectivity index (χ3n) is 4.60. The number of nitrogens with zero attached hydrogens (tertiary/aromatic N) is 1. The van der Waals surface area contributed by atoms with Crippen LogP contribution in [0.4, 0.5) is 5.69 Å². The molecule has 0 radical (unpaired) electrons. The molecule has 1 N–H and O–H groups in total. The SMILES string of the molecule is Cc1ccc(S(=O)(=O)Oc2ccc(/C=C(\C#N)C(=O)Nc3c(C)cccc3Cl)cc2Br)cc1. The number of benzene rings is 3. The molecule has 0 aliphatic heterocycles. The van der Waals surface area contributed by atoms with Crippen LogP contribution in [0.2, 0.25) is 5.02 Å². The molecular weight excluding hydrogens is 528 g/mol. The summed E-state index contributed by atoms with van der Waals surface area (Å²) in [5.41, 5.74) is 2.45. The molecule has 0 aliphatic rings. The molecule has 6 nitrogen and oxygen atoms in total. The Morgan fingerprint density at radius 1 is 1.12 bits per heavy atom. The van der Waals surface area contributed by atoms with Crippen molar-refractivity contribution in [3.63, 3.8) is 0 Å². The Morgan fingerprint density at radius 3 is 2.42 bits per heavy atom. The molecule has 3 aromatic carbocycles. The Morgan fingerprint density at radius 2 is 1.82 bits per heavy atom. The van der Waals surface area contributed by atoms with Gasteiger partial charge in [-0.1, -0.05) is 47.5 Å². The third-order valence-corrected chi connectivity index (χ3v) is 6.78. The summed E-state index contributed by atoms with van der Waals surface area (Å²) in [5, 5.41) is 12.5. The largest absolute Gasteiger partial charge is 0.378 e. The van der Waals surface area contributed by atoms with Gasteiger partial charge in [-0.2, -0.15) is 13.7 Å². The van der Waals surface area contributed by atoms with Crippen molar-refractivity contribution in [3.8, 4) is 11.8 Å². The van der Waals surface area contributed by atoms with Crippen LogP contribution in [0.1, 0.15) is 16.7 Å². The van der Waals surface area contributed by atoms with Crippen molar-refractivity contribution < 1.29 is 17.4 Å². The highest BCUT2D eigenvalue weighted by Crippen LogP contribution is 2.30. The number of aryl methyl sites for hydroxylation is 2. The molecule has 0 aromatic heterocycles. The number of rotatable bonds is 6. The first kappa shape index (κ1) is 24.5. The van der Waals surface area contributed by atoms with Gasteiger partial charge in [-0.05, 0) is 77.3 Å². The number of amides is 1. The Kier molecular flexibility index (Phi) is 7.59. The fourth-order valence-electron chi connectivity index (χ4n) is 2.83. The third kappa shape index (κ3) is 6.02. The van der Waals surface area contributed by atoms with Crippen molar-refractivity contribution in [2.75, 3.05) is 5.32 Å². The molecule has 0 saturated carbocycles. The topological polar surface area (TPSA) is 96.3 Å². The molecule has 0 atom stereocenters. The smallest absolute Gasteiger partial charge is 0.339 e. The van der Waals surface area contributed by atoms with Gasteiger partial charge in [0.1, 0.15) is 16.5 Å². The molecule has 0 saturated heterocycles. The maximum atomic E-state index is 12.6. The number of halogens is 2. The lowest BCUT2D eigenvalue weighted by atomic mass is 10.1. The number of hydrogen-bond acceptors (Lipinski definition) is 5. The van der Waals surface area contributed by atoms with Gasteiger partial charge in [-0.15, -0.1) is 0 Å². The normalized spacial score (nSPS) is 11.5. The monoisotopic (exact) mass is 544 g/mol. The summed E-state index contributed by atoms with van der Waals surface area (Å²) in [6.07, 6.45) is 1.38. The van der Waals surface area contributed by atoms with Crippen LogP contribution in [-0.4, -0.2) is 14.3 Å². The van der Waals surface area contributed by atoms with Gasteiger partial charge >= 0.3 is 10.1 Å². The van der Waals surface area contributed by atoms with Crippen LogP contribution >= 0.6 is 27.5 Å². The maximum absolute atomic E-state index is 12.6. The van der Waals surface area contributed by atoms with E-state index in [1.54, 1.807) is 43.3 Å². The lowest BCUT2D eigenvalue weighted by Gasteiger charge is -2.10. The first-order valence-electron chi connectivity index (χ1n) is 9.59. The fourth-order valence-corrected chi connectivity index (χ4v) is 4.63. The summed E-state index contributed by atoms with van der Waals surface area (Å²) in [7, 11) is -4.02. The van der Waals surface area contributed by atoms with Gasteiger partial charge in [0.15, 0.2) is 5.75 Å². The highest BCUT2D eigenvalue weighted by Gasteiger charge is 2.18. The van der Waals surface area contributed by atoms with Crippen molar-refractivity contribution in [3.05, 3.63) is 92.4 Å². The van der Waals surface area contributed by atoms with Gasteiger partial charge < -0.3 is 9.50 Å². The van der Waals surface area contributed by atoms with E-state index in [9.17, 15) is 18.5 Å². The zero-order chi connectivity index (χ0) is 24.2. The van der Waals surface area contributed by atoms with Gasteiger partial charge in [0.2, 0.25) is 0 Å². The highest BCUT2D eigenvalue weighted by atomic mass is 79.9. The number of carbonyl (C=O) groups excluding carboxylic acids is 1. The Bertz CT molecular complexity index is 1370. The first-order chi connectivity index (χ1) is 15.6. The Hall–Kier alpha value is -3.12. The molecule has 0 unspecified atom stereocenters. The summed E-state index contributed by atoms with van der Waals surface area (Å²) in [6.45, 7) is 3.64. The van der Waals surface area contributed by atoms with E-state index in [1.807, 2.05) is 13.0 Å². The van der Waals surface area contributed by atoms with E-state index in [0.29, 0.717) is 20.7 Å². The summed E-state index contributed by atoms with van der Waals surface area (Å²) in [6, 6.07) is 17.9. The lowest BCUT2D eigenvalue weighted by molar-refractivity contribution is -0.112. The van der Waals surface area contributed by atoms with E-state index >= 15 is 0 Å². The molecule has 0 aliphatic carbocycles. The Labute approximate surface area is 205 Å². The summed E-state index contributed by atoms with van der Waals surface area (Å²) in [4.78, 5) is 12.6. The van der Waals surface area contributed by atoms with Gasteiger partial charge in [-0.25, -0.2) is 0 Å². The van der Waals surface area contributed by atoms with Crippen LogP contribution in [-0.2, 0) is 14.9 Å². The molecule has 33 heavy (non-hydrogen) atoms. The van der Waals surface area contributed by atoms with Crippen molar-refractivity contribution in [2.45, 2.75) is 18.7 Å². The molecule has 0 spiro atoms. The Balaban J connectivity index is 1.82. The number of hydrogen-bond donors (Lipinski definition) is 1. The van der Waals surface area contributed by atoms with Crippen LogP contribution in [0.25, 0.3) is 6.08 Å². The van der Waals surface area contributed by atoms with Crippen molar-refractivity contribution in [2.24, 2.45) is 0 Å². The van der Waals surface area contributed by atoms with Gasteiger partial charge in [0.05, 0.1) is 15.2 Å². The average Bonchev–Trinajstić information content (AvgIpc) is 2.76. The number of para-hydroxylation sites is 1. The van der Waals surface area contributed by atoms with Crippen molar-refractivity contribution in [1.82, 2.24) is 0 Å². The molecule has 1 amide bonds. The van der Waals surface area contributed by atoms with E-state index in [0.717, 1.165) is 11.1 Å². The fraction of sp³-hybridized carbons (Fsp3) is 0.0833. The summed E-state index contributed by atoms with van der Waals surface area (Å²) < 4.78 is 30.6. The van der Waals surface area contributed by atoms with E-state index in [4.69, 9.17) is 15.8 Å². The second-order valence-corrected chi connectivity index (χ2v) is 9.90. The molecule has 0 bridgehead atoms. The predicted octanol–water partition coefficient (Wildman–Crippen LogP) is 6.03. The van der Waals surface area contributed by atoms with Crippen molar-refractivity contribution in [1.29, 1.82) is 5.26 Å². The number of nitrogens with one attached hydrogen (secondary N) is 1. The van der Waals surface area contributed by atoms with Gasteiger partial charge in [0.25, 0.3) is 5.91 Å². The van der Waals surface area contributed by atoms with Crippen LogP contribution in [0.5, 0.6) is 5.75 Å². The van der Waals surface area contributed by atoms with Gasteiger partial charge in [0, 0.05) is 0 Å². The standard InChI is InChI=1S/C24H18BrClN2O4S/c1-15-6-9-19(10-7-15)33(30,31)32-22-11-8-17(13-20(22)25)12-18(14-27)24(29)28-23-16(2)4-3-5-21(23)26/h3-13H,1-2H3,(H,28,29)/b18-12+. The molecular formula is C24H18BrClN2O4S.